The molecule has 182 valence electrons. The maximum Gasteiger partial charge on any atom is 0.262 e. The number of hydrogen-bond donors (Lipinski definition) is 2. The van der Waals surface area contributed by atoms with Gasteiger partial charge in [0.15, 0.2) is 11.6 Å². The van der Waals surface area contributed by atoms with Gasteiger partial charge in [0.05, 0.1) is 35.1 Å². The number of halogens is 2. The van der Waals surface area contributed by atoms with Gasteiger partial charge in [0.2, 0.25) is 0 Å². The molecule has 4 rings (SSSR count). The number of ether oxygens (including phenoxy) is 1. The zero-order valence-electron chi connectivity index (χ0n) is 18.7. The quantitative estimate of drug-likeness (QED) is 0.508. The largest absolute Gasteiger partial charge is 0.494 e. The number of sulfonamides is 1. The first-order valence-corrected chi connectivity index (χ1v) is 12.5. The molecule has 1 fully saturated rings. The van der Waals surface area contributed by atoms with E-state index in [9.17, 15) is 23.2 Å². The van der Waals surface area contributed by atoms with Gasteiger partial charge < -0.3 is 14.7 Å². The highest BCUT2D eigenvalue weighted by Crippen LogP contribution is 2.35. The fourth-order valence-corrected chi connectivity index (χ4v) is 5.18. The molecule has 0 aliphatic carbocycles. The van der Waals surface area contributed by atoms with Crippen LogP contribution in [0.2, 0.25) is 5.02 Å². The second-order valence-corrected chi connectivity index (χ2v) is 10.3. The number of benzene rings is 2. The number of nitriles is 1. The average Bonchev–Trinajstić information content (AvgIpc) is 2.84. The summed E-state index contributed by atoms with van der Waals surface area (Å²) < 4.78 is 46.5. The van der Waals surface area contributed by atoms with Crippen molar-refractivity contribution in [3.63, 3.8) is 0 Å². The first kappa shape index (κ1) is 24.7. The van der Waals surface area contributed by atoms with Crippen molar-refractivity contribution in [2.24, 2.45) is 0 Å². The molecule has 2 N–H and O–H groups in total. The van der Waals surface area contributed by atoms with Crippen LogP contribution in [0.5, 0.6) is 5.75 Å². The second-order valence-electron chi connectivity index (χ2n) is 8.13. The average molecular weight is 517 g/mol. The third-order valence-corrected chi connectivity index (χ3v) is 7.58. The van der Waals surface area contributed by atoms with Gasteiger partial charge >= 0.3 is 0 Å². The van der Waals surface area contributed by atoms with E-state index in [2.05, 4.69) is 9.71 Å². The van der Waals surface area contributed by atoms with Crippen molar-refractivity contribution in [1.82, 2.24) is 4.98 Å². The second kappa shape index (κ2) is 9.70. The van der Waals surface area contributed by atoms with Gasteiger partial charge in [0, 0.05) is 18.1 Å². The monoisotopic (exact) mass is 516 g/mol. The summed E-state index contributed by atoms with van der Waals surface area (Å²) in [6.45, 7) is 0.883. The van der Waals surface area contributed by atoms with Crippen molar-refractivity contribution in [3.8, 4) is 11.8 Å². The van der Waals surface area contributed by atoms with E-state index in [0.717, 1.165) is 11.6 Å². The number of piperidine rings is 1. The van der Waals surface area contributed by atoms with E-state index in [0.29, 0.717) is 36.8 Å². The number of anilines is 2. The molecule has 35 heavy (non-hydrogen) atoms. The molecule has 8 nitrogen and oxygen atoms in total. The lowest BCUT2D eigenvalue weighted by atomic mass is 9.84. The van der Waals surface area contributed by atoms with Gasteiger partial charge in [-0.15, -0.1) is 0 Å². The van der Waals surface area contributed by atoms with Crippen LogP contribution in [0.4, 0.5) is 15.9 Å². The summed E-state index contributed by atoms with van der Waals surface area (Å²) in [4.78, 5) is 5.89. The lowest BCUT2D eigenvalue weighted by Crippen LogP contribution is -2.43. The van der Waals surface area contributed by atoms with Crippen molar-refractivity contribution < 1.29 is 22.7 Å². The number of nitrogens with zero attached hydrogens (tertiary/aromatic N) is 3. The number of pyridine rings is 1. The number of methoxy groups -OCH3 is 1. The molecular formula is C24H22ClFN4O4S. The molecule has 0 atom stereocenters. The molecule has 0 spiro atoms. The molecule has 1 saturated heterocycles. The van der Waals surface area contributed by atoms with Gasteiger partial charge in [0.25, 0.3) is 10.0 Å². The van der Waals surface area contributed by atoms with Crippen LogP contribution in [0.25, 0.3) is 0 Å². The summed E-state index contributed by atoms with van der Waals surface area (Å²) in [7, 11) is -2.84. The van der Waals surface area contributed by atoms with E-state index in [1.807, 2.05) is 11.0 Å². The summed E-state index contributed by atoms with van der Waals surface area (Å²) in [6.07, 6.45) is 2.13. The highest BCUT2D eigenvalue weighted by molar-refractivity contribution is 7.92. The summed E-state index contributed by atoms with van der Waals surface area (Å²) in [5, 5.41) is 21.3. The SMILES string of the molecule is COc1ccc(S(=O)(=O)Nc2cnc(N3CCC(O)(c4ccc(Cl)cc4)CC3)c(C#N)c2)cc1F. The Morgan fingerprint density at radius 3 is 2.49 bits per heavy atom. The maximum absolute atomic E-state index is 14.0. The van der Waals surface area contributed by atoms with Gasteiger partial charge in [-0.05, 0) is 54.8 Å². The molecule has 0 unspecified atom stereocenters. The van der Waals surface area contributed by atoms with Gasteiger partial charge in [-0.25, -0.2) is 17.8 Å². The van der Waals surface area contributed by atoms with Crippen LogP contribution < -0.4 is 14.4 Å². The maximum atomic E-state index is 14.0. The van der Waals surface area contributed by atoms with E-state index in [-0.39, 0.29) is 21.9 Å². The minimum absolute atomic E-state index is 0.0659. The van der Waals surface area contributed by atoms with E-state index >= 15 is 0 Å². The molecule has 0 amide bonds. The van der Waals surface area contributed by atoms with Gasteiger partial charge in [-0.1, -0.05) is 23.7 Å². The lowest BCUT2D eigenvalue weighted by molar-refractivity contribution is 0.0116. The van der Waals surface area contributed by atoms with Gasteiger partial charge in [0.1, 0.15) is 11.9 Å². The molecule has 2 aromatic carbocycles. The zero-order valence-corrected chi connectivity index (χ0v) is 20.3. The van der Waals surface area contributed by atoms with Crippen molar-refractivity contribution in [1.29, 1.82) is 5.26 Å². The highest BCUT2D eigenvalue weighted by Gasteiger charge is 2.35. The molecule has 1 aromatic heterocycles. The van der Waals surface area contributed by atoms with E-state index in [4.69, 9.17) is 16.3 Å². The first-order chi connectivity index (χ1) is 16.6. The summed E-state index contributed by atoms with van der Waals surface area (Å²) in [5.41, 5.74) is -0.00843. The third kappa shape index (κ3) is 5.17. The smallest absolute Gasteiger partial charge is 0.262 e. The van der Waals surface area contributed by atoms with Crippen LogP contribution in [0.15, 0.2) is 59.6 Å². The Morgan fingerprint density at radius 2 is 1.89 bits per heavy atom. The van der Waals surface area contributed by atoms with Crippen molar-refractivity contribution in [2.75, 3.05) is 29.8 Å². The molecule has 0 saturated carbocycles. The van der Waals surface area contributed by atoms with Crippen LogP contribution in [0, 0.1) is 17.1 Å². The Hall–Kier alpha value is -3.39. The minimum Gasteiger partial charge on any atom is -0.494 e. The highest BCUT2D eigenvalue weighted by atomic mass is 35.5. The lowest BCUT2D eigenvalue weighted by Gasteiger charge is -2.39. The predicted octanol–water partition coefficient (Wildman–Crippen LogP) is 4.04. The summed E-state index contributed by atoms with van der Waals surface area (Å²) in [6, 6.07) is 13.8. The number of nitrogens with one attached hydrogen (secondary N) is 1. The molecule has 0 radical (unpaired) electrons. The van der Waals surface area contributed by atoms with Crippen LogP contribution in [-0.4, -0.2) is 38.7 Å². The summed E-state index contributed by atoms with van der Waals surface area (Å²) >= 11 is 5.95. The third-order valence-electron chi connectivity index (χ3n) is 5.94. The molecule has 1 aliphatic rings. The Bertz CT molecular complexity index is 1390. The number of rotatable bonds is 6. The fourth-order valence-electron chi connectivity index (χ4n) is 4.01. The molecule has 0 bridgehead atoms. The van der Waals surface area contributed by atoms with Crippen LogP contribution >= 0.6 is 11.6 Å². The molecule has 3 aromatic rings. The van der Waals surface area contributed by atoms with E-state index < -0.39 is 21.4 Å². The van der Waals surface area contributed by atoms with Crippen molar-refractivity contribution in [3.05, 3.63) is 76.7 Å². The van der Waals surface area contributed by atoms with Crippen LogP contribution in [0.1, 0.15) is 24.0 Å². The van der Waals surface area contributed by atoms with Crippen LogP contribution in [-0.2, 0) is 15.6 Å². The Balaban J connectivity index is 1.51. The van der Waals surface area contributed by atoms with Crippen molar-refractivity contribution >= 4 is 33.1 Å². The number of aliphatic hydroxyl groups is 1. The molecule has 2 heterocycles. The molecule has 11 heteroatoms. The normalized spacial score (nSPS) is 15.3. The standard InChI is InChI=1S/C24H22ClFN4O4S/c1-34-22-7-6-20(13-21(22)26)35(32,33)29-19-12-16(14-27)23(28-15-19)30-10-8-24(31,9-11-30)17-2-4-18(25)5-3-17/h2-7,12-13,15,29,31H,8-11H2,1H3. The fraction of sp³-hybridized carbons (Fsp3) is 0.250. The Labute approximate surface area is 207 Å². The molecular weight excluding hydrogens is 495 g/mol. The molecule has 1 aliphatic heterocycles. The predicted molar refractivity (Wildman–Crippen MR) is 130 cm³/mol. The Kier molecular flexibility index (Phi) is 6.85. The van der Waals surface area contributed by atoms with Crippen molar-refractivity contribution in [2.45, 2.75) is 23.3 Å². The minimum atomic E-state index is -4.12. The Morgan fingerprint density at radius 1 is 1.20 bits per heavy atom. The number of aromatic nitrogens is 1. The number of hydrogen-bond acceptors (Lipinski definition) is 7. The first-order valence-electron chi connectivity index (χ1n) is 10.6. The van der Waals surface area contributed by atoms with Gasteiger partial charge in [-0.3, -0.25) is 4.72 Å². The van der Waals surface area contributed by atoms with Crippen LogP contribution in [0.3, 0.4) is 0 Å². The van der Waals surface area contributed by atoms with Gasteiger partial charge in [-0.2, -0.15) is 5.26 Å². The van der Waals surface area contributed by atoms with E-state index in [1.165, 1.54) is 31.5 Å². The topological polar surface area (TPSA) is 116 Å². The zero-order chi connectivity index (χ0) is 25.2. The summed E-state index contributed by atoms with van der Waals surface area (Å²) in [5.74, 6) is -0.499. The van der Waals surface area contributed by atoms with E-state index in [1.54, 1.807) is 24.3 Å².